The normalized spacial score (nSPS) is 15.0. The monoisotopic (exact) mass is 583 g/mol. The molecule has 0 saturated heterocycles. The Morgan fingerprint density at radius 3 is 2.63 bits per heavy atom. The first-order valence-electron chi connectivity index (χ1n) is 12.4. The van der Waals surface area contributed by atoms with Gasteiger partial charge >= 0.3 is 5.97 Å². The molecule has 0 amide bonds. The number of benzene rings is 2. The second-order valence-electron chi connectivity index (χ2n) is 9.11. The molecule has 3 aromatic heterocycles. The Morgan fingerprint density at radius 2 is 1.93 bits per heavy atom. The first-order valence-corrected chi connectivity index (χ1v) is 14.1. The third-order valence-electron chi connectivity index (χ3n) is 6.62. The third kappa shape index (κ3) is 4.72. The Labute approximate surface area is 240 Å². The number of esters is 1. The van der Waals surface area contributed by atoms with Gasteiger partial charge in [-0.25, -0.2) is 14.5 Å². The van der Waals surface area contributed by atoms with Crippen molar-refractivity contribution in [3.8, 4) is 16.9 Å². The average molecular weight is 584 g/mol. The molecule has 0 N–H and O–H groups in total. The molecule has 4 heterocycles. The van der Waals surface area contributed by atoms with Crippen LogP contribution in [0.15, 0.2) is 99.4 Å². The Morgan fingerprint density at radius 1 is 1.12 bits per heavy atom. The Kier molecular flexibility index (Phi) is 6.77. The SMILES string of the molecule is COC(=O)C1=C(C)N=c2s/c(=C\c3cn(-c4ccccc4)nc3-c3cccc([N+](=O)[O-])c3)c(=O)n2[C@@H]1c1cccs1. The summed E-state index contributed by atoms with van der Waals surface area (Å²) < 4.78 is 8.62. The summed E-state index contributed by atoms with van der Waals surface area (Å²) in [5.74, 6) is -0.545. The van der Waals surface area contributed by atoms with E-state index < -0.39 is 16.9 Å². The van der Waals surface area contributed by atoms with Crippen LogP contribution in [-0.4, -0.2) is 32.3 Å². The molecule has 1 aliphatic heterocycles. The second-order valence-corrected chi connectivity index (χ2v) is 11.1. The average Bonchev–Trinajstić information content (AvgIpc) is 3.73. The van der Waals surface area contributed by atoms with E-state index in [2.05, 4.69) is 4.99 Å². The maximum atomic E-state index is 14.0. The number of hydrogen-bond acceptors (Lipinski definition) is 9. The van der Waals surface area contributed by atoms with Crippen LogP contribution in [-0.2, 0) is 9.53 Å². The van der Waals surface area contributed by atoms with Crippen LogP contribution in [0.5, 0.6) is 0 Å². The van der Waals surface area contributed by atoms with Crippen molar-refractivity contribution in [3.63, 3.8) is 0 Å². The number of allylic oxidation sites excluding steroid dienone is 1. The fraction of sp³-hybridized carbons (Fsp3) is 0.103. The molecule has 12 heteroatoms. The van der Waals surface area contributed by atoms with Gasteiger partial charge in [-0.1, -0.05) is 47.7 Å². The first kappa shape index (κ1) is 26.3. The van der Waals surface area contributed by atoms with Gasteiger partial charge < -0.3 is 4.74 Å². The molecule has 10 nitrogen and oxygen atoms in total. The van der Waals surface area contributed by atoms with Gasteiger partial charge in [-0.15, -0.1) is 11.3 Å². The van der Waals surface area contributed by atoms with Crippen molar-refractivity contribution >= 4 is 40.4 Å². The fourth-order valence-electron chi connectivity index (χ4n) is 4.75. The van der Waals surface area contributed by atoms with Gasteiger partial charge in [-0.3, -0.25) is 19.5 Å². The number of ether oxygens (including phenoxy) is 1. The van der Waals surface area contributed by atoms with Crippen molar-refractivity contribution in [3.05, 3.63) is 130 Å². The number of para-hydroxylation sites is 1. The molecule has 41 heavy (non-hydrogen) atoms. The number of nitrogens with zero attached hydrogens (tertiary/aromatic N) is 5. The van der Waals surface area contributed by atoms with Gasteiger partial charge in [0.25, 0.3) is 11.2 Å². The van der Waals surface area contributed by atoms with E-state index >= 15 is 0 Å². The van der Waals surface area contributed by atoms with E-state index in [1.54, 1.807) is 36.0 Å². The summed E-state index contributed by atoms with van der Waals surface area (Å²) in [4.78, 5) is 43.6. The fourth-order valence-corrected chi connectivity index (χ4v) is 6.61. The number of carbonyl (C=O) groups is 1. The zero-order valence-electron chi connectivity index (χ0n) is 21.8. The van der Waals surface area contributed by atoms with Gasteiger partial charge in [0.1, 0.15) is 11.7 Å². The maximum Gasteiger partial charge on any atom is 0.338 e. The summed E-state index contributed by atoms with van der Waals surface area (Å²) in [7, 11) is 1.30. The lowest BCUT2D eigenvalue weighted by Gasteiger charge is -2.22. The largest absolute Gasteiger partial charge is 0.466 e. The van der Waals surface area contributed by atoms with E-state index in [-0.39, 0.29) is 11.2 Å². The van der Waals surface area contributed by atoms with Crippen molar-refractivity contribution in [2.75, 3.05) is 7.11 Å². The van der Waals surface area contributed by atoms with Crippen LogP contribution in [0.3, 0.4) is 0 Å². The Balaban J connectivity index is 1.57. The van der Waals surface area contributed by atoms with Crippen molar-refractivity contribution in [2.24, 2.45) is 4.99 Å². The minimum Gasteiger partial charge on any atom is -0.466 e. The maximum absolute atomic E-state index is 14.0. The van der Waals surface area contributed by atoms with E-state index in [0.29, 0.717) is 37.4 Å². The number of rotatable bonds is 6. The molecule has 0 saturated carbocycles. The number of fused-ring (bicyclic) bond motifs is 1. The second kappa shape index (κ2) is 10.6. The van der Waals surface area contributed by atoms with Crippen molar-refractivity contribution < 1.29 is 14.5 Å². The molecular weight excluding hydrogens is 562 g/mol. The topological polar surface area (TPSA) is 122 Å². The standard InChI is InChI=1S/C29H21N5O5S2/c1-17-24(28(36)39-2)26(22-12-7-13-40-22)33-27(35)23(41-29(33)30-17)15-19-16-32(20-9-4-3-5-10-20)31-25(19)18-8-6-11-21(14-18)34(37)38/h3-16,26H,1-2H3/b23-15-/t26-/m1/s1. The summed E-state index contributed by atoms with van der Waals surface area (Å²) in [6, 6.07) is 18.7. The van der Waals surface area contributed by atoms with Crippen molar-refractivity contribution in [1.82, 2.24) is 14.3 Å². The lowest BCUT2D eigenvalue weighted by molar-refractivity contribution is -0.384. The van der Waals surface area contributed by atoms with Crippen LogP contribution in [0.2, 0.25) is 0 Å². The highest BCUT2D eigenvalue weighted by atomic mass is 32.1. The smallest absolute Gasteiger partial charge is 0.338 e. The molecule has 5 aromatic rings. The number of hydrogen-bond donors (Lipinski definition) is 0. The summed E-state index contributed by atoms with van der Waals surface area (Å²) in [5, 5.41) is 18.1. The van der Waals surface area contributed by atoms with Gasteiger partial charge in [0.2, 0.25) is 0 Å². The molecule has 0 radical (unpaired) electrons. The number of carbonyl (C=O) groups excluding carboxylic acids is 1. The van der Waals surface area contributed by atoms with Crippen LogP contribution in [0, 0.1) is 10.1 Å². The summed E-state index contributed by atoms with van der Waals surface area (Å²) in [6.45, 7) is 1.73. The number of methoxy groups -OCH3 is 1. The van der Waals surface area contributed by atoms with Crippen LogP contribution in [0.4, 0.5) is 5.69 Å². The van der Waals surface area contributed by atoms with Crippen LogP contribution >= 0.6 is 22.7 Å². The quantitative estimate of drug-likeness (QED) is 0.168. The minimum absolute atomic E-state index is 0.0659. The molecule has 0 spiro atoms. The number of non-ortho nitro benzene ring substituents is 1. The molecule has 204 valence electrons. The van der Waals surface area contributed by atoms with Crippen molar-refractivity contribution in [1.29, 1.82) is 0 Å². The van der Waals surface area contributed by atoms with Crippen LogP contribution < -0.4 is 14.9 Å². The predicted octanol–water partition coefficient (Wildman–Crippen LogP) is 4.23. The predicted molar refractivity (Wildman–Crippen MR) is 156 cm³/mol. The number of nitro groups is 1. The van der Waals surface area contributed by atoms with Gasteiger partial charge in [0, 0.05) is 34.3 Å². The highest BCUT2D eigenvalue weighted by molar-refractivity contribution is 7.10. The van der Waals surface area contributed by atoms with Gasteiger partial charge in [-0.2, -0.15) is 5.10 Å². The van der Waals surface area contributed by atoms with Crippen molar-refractivity contribution in [2.45, 2.75) is 13.0 Å². The number of thiazole rings is 1. The lowest BCUT2D eigenvalue weighted by atomic mass is 10.0. The molecule has 1 atom stereocenters. The van der Waals surface area contributed by atoms with E-state index in [1.165, 1.54) is 46.5 Å². The zero-order chi connectivity index (χ0) is 28.7. The lowest BCUT2D eigenvalue weighted by Crippen LogP contribution is -2.39. The molecule has 6 rings (SSSR count). The number of thiophene rings is 1. The highest BCUT2D eigenvalue weighted by Gasteiger charge is 2.33. The van der Waals surface area contributed by atoms with Crippen LogP contribution in [0.1, 0.15) is 23.4 Å². The van der Waals surface area contributed by atoms with E-state index in [9.17, 15) is 19.7 Å². The highest BCUT2D eigenvalue weighted by Crippen LogP contribution is 2.33. The first-order chi connectivity index (χ1) is 19.9. The Hall–Kier alpha value is -4.94. The number of nitro benzene ring substituents is 1. The van der Waals surface area contributed by atoms with E-state index in [1.807, 2.05) is 47.8 Å². The molecule has 0 bridgehead atoms. The van der Waals surface area contributed by atoms with Gasteiger partial charge in [0.05, 0.1) is 33.5 Å². The molecular formula is C29H21N5O5S2. The number of aromatic nitrogens is 3. The molecule has 0 aliphatic carbocycles. The summed E-state index contributed by atoms with van der Waals surface area (Å²) >= 11 is 2.64. The summed E-state index contributed by atoms with van der Waals surface area (Å²) in [6.07, 6.45) is 3.50. The molecule has 0 unspecified atom stereocenters. The minimum atomic E-state index is -0.677. The molecule has 0 fully saturated rings. The molecule has 2 aromatic carbocycles. The summed E-state index contributed by atoms with van der Waals surface area (Å²) in [5.41, 5.74) is 2.80. The van der Waals surface area contributed by atoms with Crippen LogP contribution in [0.25, 0.3) is 23.0 Å². The third-order valence-corrected chi connectivity index (χ3v) is 8.53. The van der Waals surface area contributed by atoms with E-state index in [0.717, 1.165) is 10.6 Å². The van der Waals surface area contributed by atoms with E-state index in [4.69, 9.17) is 9.84 Å². The van der Waals surface area contributed by atoms with Gasteiger partial charge in [-0.05, 0) is 36.6 Å². The molecule has 1 aliphatic rings. The van der Waals surface area contributed by atoms with Gasteiger partial charge in [0.15, 0.2) is 4.80 Å². The Bertz CT molecular complexity index is 2020. The zero-order valence-corrected chi connectivity index (χ0v) is 23.4.